The van der Waals surface area contributed by atoms with Gasteiger partial charge in [0, 0.05) is 23.1 Å². The number of rotatable bonds is 7. The van der Waals surface area contributed by atoms with Gasteiger partial charge in [-0.2, -0.15) is 0 Å². The lowest BCUT2D eigenvalue weighted by Gasteiger charge is -2.14. The van der Waals surface area contributed by atoms with Crippen molar-refractivity contribution in [3.8, 4) is 5.75 Å². The van der Waals surface area contributed by atoms with E-state index in [9.17, 15) is 4.79 Å². The van der Waals surface area contributed by atoms with Gasteiger partial charge in [-0.3, -0.25) is 4.79 Å². The number of aryl methyl sites for hydroxylation is 1. The predicted molar refractivity (Wildman–Crippen MR) is 111 cm³/mol. The van der Waals surface area contributed by atoms with Gasteiger partial charge in [-0.1, -0.05) is 12.1 Å². The first-order valence-electron chi connectivity index (χ1n) is 10.2. The number of carbonyl (C=O) groups excluding carboxylic acids is 1. The van der Waals surface area contributed by atoms with Crippen molar-refractivity contribution in [3.05, 3.63) is 64.9 Å². The van der Waals surface area contributed by atoms with Crippen molar-refractivity contribution in [2.45, 2.75) is 33.1 Å². The molecule has 0 spiro atoms. The fourth-order valence-electron chi connectivity index (χ4n) is 3.97. The molecule has 4 rings (SSSR count). The minimum Gasteiger partial charge on any atom is -0.494 e. The maximum Gasteiger partial charge on any atom is 0.228 e. The van der Waals surface area contributed by atoms with Gasteiger partial charge in [-0.15, -0.1) is 0 Å². The van der Waals surface area contributed by atoms with Crippen molar-refractivity contribution in [1.29, 1.82) is 0 Å². The molecule has 28 heavy (non-hydrogen) atoms. The molecule has 1 fully saturated rings. The van der Waals surface area contributed by atoms with Crippen molar-refractivity contribution in [1.82, 2.24) is 4.90 Å². The molecule has 4 heteroatoms. The third-order valence-electron chi connectivity index (χ3n) is 5.46. The van der Waals surface area contributed by atoms with E-state index >= 15 is 0 Å². The first-order valence-corrected chi connectivity index (χ1v) is 10.2. The molecule has 0 amide bonds. The Labute approximate surface area is 166 Å². The summed E-state index contributed by atoms with van der Waals surface area (Å²) in [5.41, 5.74) is 3.58. The molecule has 0 atom stereocenters. The van der Waals surface area contributed by atoms with E-state index in [2.05, 4.69) is 17.0 Å². The molecule has 0 saturated carbocycles. The molecule has 1 aliphatic rings. The van der Waals surface area contributed by atoms with Gasteiger partial charge < -0.3 is 14.1 Å². The highest BCUT2D eigenvalue weighted by Gasteiger charge is 2.23. The molecule has 2 heterocycles. The third-order valence-corrected chi connectivity index (χ3v) is 5.46. The fourth-order valence-corrected chi connectivity index (χ4v) is 3.97. The minimum absolute atomic E-state index is 0.0617. The van der Waals surface area contributed by atoms with Crippen LogP contribution in [0.3, 0.4) is 0 Å². The van der Waals surface area contributed by atoms with Crippen LogP contribution in [0.5, 0.6) is 5.75 Å². The Bertz CT molecular complexity index is 965. The van der Waals surface area contributed by atoms with E-state index in [0.717, 1.165) is 53.9 Å². The Kier molecular flexibility index (Phi) is 5.49. The van der Waals surface area contributed by atoms with Crippen LogP contribution in [0.2, 0.25) is 0 Å². The number of hydrogen-bond donors (Lipinski definition) is 0. The van der Waals surface area contributed by atoms with Crippen molar-refractivity contribution in [3.63, 3.8) is 0 Å². The van der Waals surface area contributed by atoms with E-state index in [1.807, 2.05) is 44.2 Å². The van der Waals surface area contributed by atoms with Crippen LogP contribution in [0.25, 0.3) is 11.0 Å². The second kappa shape index (κ2) is 8.19. The van der Waals surface area contributed by atoms with Crippen LogP contribution >= 0.6 is 0 Å². The van der Waals surface area contributed by atoms with Crippen LogP contribution in [0.15, 0.2) is 46.9 Å². The molecule has 0 unspecified atom stereocenters. The summed E-state index contributed by atoms with van der Waals surface area (Å²) in [6.07, 6.45) is 3.36. The van der Waals surface area contributed by atoms with Crippen molar-refractivity contribution < 1.29 is 13.9 Å². The Balaban J connectivity index is 1.67. The molecule has 1 aromatic heterocycles. The molecule has 0 aliphatic carbocycles. The van der Waals surface area contributed by atoms with E-state index in [1.54, 1.807) is 0 Å². The maximum atomic E-state index is 13.2. The summed E-state index contributed by atoms with van der Waals surface area (Å²) < 4.78 is 11.6. The molecule has 0 radical (unpaired) electrons. The third kappa shape index (κ3) is 3.83. The van der Waals surface area contributed by atoms with Crippen LogP contribution < -0.4 is 4.74 Å². The van der Waals surface area contributed by atoms with Gasteiger partial charge >= 0.3 is 0 Å². The maximum absolute atomic E-state index is 13.2. The number of furan rings is 1. The molecular formula is C24H27NO3. The zero-order chi connectivity index (χ0) is 19.5. The lowest BCUT2D eigenvalue weighted by atomic mass is 10.0. The van der Waals surface area contributed by atoms with E-state index in [4.69, 9.17) is 9.15 Å². The van der Waals surface area contributed by atoms with Crippen LogP contribution in [0.1, 0.15) is 47.0 Å². The molecule has 0 N–H and O–H groups in total. The summed E-state index contributed by atoms with van der Waals surface area (Å²) in [6.45, 7) is 7.86. The first kappa shape index (κ1) is 18.8. The van der Waals surface area contributed by atoms with Crippen molar-refractivity contribution in [2.75, 3.05) is 26.2 Å². The van der Waals surface area contributed by atoms with Gasteiger partial charge in [0.1, 0.15) is 11.3 Å². The van der Waals surface area contributed by atoms with Gasteiger partial charge in [0.05, 0.1) is 6.61 Å². The summed E-state index contributed by atoms with van der Waals surface area (Å²) >= 11 is 0. The molecule has 146 valence electrons. The zero-order valence-electron chi connectivity index (χ0n) is 16.7. The monoisotopic (exact) mass is 377 g/mol. The Morgan fingerprint density at radius 1 is 1.11 bits per heavy atom. The largest absolute Gasteiger partial charge is 0.494 e. The van der Waals surface area contributed by atoms with Crippen LogP contribution in [0.4, 0.5) is 0 Å². The first-order chi connectivity index (χ1) is 13.7. The molecule has 0 bridgehead atoms. The molecule has 1 aliphatic heterocycles. The predicted octanol–water partition coefficient (Wildman–Crippen LogP) is 5.01. The zero-order valence-corrected chi connectivity index (χ0v) is 16.7. The highest BCUT2D eigenvalue weighted by atomic mass is 16.5. The smallest absolute Gasteiger partial charge is 0.228 e. The van der Waals surface area contributed by atoms with Gasteiger partial charge in [0.15, 0.2) is 5.76 Å². The number of benzene rings is 2. The van der Waals surface area contributed by atoms with Crippen molar-refractivity contribution in [2.24, 2.45) is 0 Å². The minimum atomic E-state index is -0.0617. The van der Waals surface area contributed by atoms with Crippen LogP contribution in [-0.4, -0.2) is 36.9 Å². The van der Waals surface area contributed by atoms with E-state index in [-0.39, 0.29) is 5.78 Å². The molecule has 4 nitrogen and oxygen atoms in total. The molecule has 2 aromatic carbocycles. The summed E-state index contributed by atoms with van der Waals surface area (Å²) in [7, 11) is 0. The summed E-state index contributed by atoms with van der Waals surface area (Å²) in [5, 5.41) is 1.05. The average molecular weight is 377 g/mol. The van der Waals surface area contributed by atoms with Gasteiger partial charge in [0.2, 0.25) is 5.78 Å². The van der Waals surface area contributed by atoms with Crippen LogP contribution in [0, 0.1) is 6.92 Å². The van der Waals surface area contributed by atoms with E-state index in [1.165, 1.54) is 12.8 Å². The Morgan fingerprint density at radius 3 is 2.57 bits per heavy atom. The van der Waals surface area contributed by atoms with Gasteiger partial charge in [-0.05, 0) is 82.1 Å². The van der Waals surface area contributed by atoms with Crippen molar-refractivity contribution >= 4 is 16.8 Å². The second-order valence-corrected chi connectivity index (χ2v) is 7.49. The molecule has 3 aromatic rings. The SMILES string of the molecule is CCOc1ccc(C(=O)c2oc3cc(C)ccc3c2CCN2CCCC2)cc1. The van der Waals surface area contributed by atoms with Gasteiger partial charge in [-0.25, -0.2) is 0 Å². The summed E-state index contributed by atoms with van der Waals surface area (Å²) in [4.78, 5) is 15.7. The Hall–Kier alpha value is -2.59. The topological polar surface area (TPSA) is 42.7 Å². The molecule has 1 saturated heterocycles. The molecular weight excluding hydrogens is 350 g/mol. The van der Waals surface area contributed by atoms with E-state index in [0.29, 0.717) is 17.9 Å². The number of nitrogens with zero attached hydrogens (tertiary/aromatic N) is 1. The lowest BCUT2D eigenvalue weighted by Crippen LogP contribution is -2.22. The fraction of sp³-hybridized carbons (Fsp3) is 0.375. The normalized spacial score (nSPS) is 14.6. The number of likely N-dealkylation sites (tertiary alicyclic amines) is 1. The summed E-state index contributed by atoms with van der Waals surface area (Å²) in [6, 6.07) is 13.5. The lowest BCUT2D eigenvalue weighted by molar-refractivity contribution is 0.101. The van der Waals surface area contributed by atoms with Gasteiger partial charge in [0.25, 0.3) is 0 Å². The highest BCUT2D eigenvalue weighted by molar-refractivity contribution is 6.10. The number of fused-ring (bicyclic) bond motifs is 1. The summed E-state index contributed by atoms with van der Waals surface area (Å²) in [5.74, 6) is 1.19. The second-order valence-electron chi connectivity index (χ2n) is 7.49. The van der Waals surface area contributed by atoms with Crippen LogP contribution in [-0.2, 0) is 6.42 Å². The number of ketones is 1. The number of carbonyl (C=O) groups is 1. The quantitative estimate of drug-likeness (QED) is 0.543. The number of ether oxygens (including phenoxy) is 1. The standard InChI is InChI=1S/C24H27NO3/c1-3-27-19-9-7-18(8-10-19)23(26)24-21(12-15-25-13-4-5-14-25)20-11-6-17(2)16-22(20)28-24/h6-11,16H,3-5,12-15H2,1-2H3. The number of hydrogen-bond acceptors (Lipinski definition) is 4. The van der Waals surface area contributed by atoms with E-state index < -0.39 is 0 Å². The Morgan fingerprint density at radius 2 is 1.86 bits per heavy atom. The highest BCUT2D eigenvalue weighted by Crippen LogP contribution is 2.30. The average Bonchev–Trinajstić information content (AvgIpc) is 3.34.